The van der Waals surface area contributed by atoms with Gasteiger partial charge in [0.1, 0.15) is 0 Å². The minimum atomic E-state index is -0.303. The number of methoxy groups -OCH3 is 2. The molecule has 7 heteroatoms. The summed E-state index contributed by atoms with van der Waals surface area (Å²) in [5.74, 6) is 0.772. The monoisotopic (exact) mass is 451 g/mol. The van der Waals surface area contributed by atoms with E-state index in [4.69, 9.17) is 32.7 Å². The molecule has 0 heterocycles. The molecule has 0 atom stereocenters. The van der Waals surface area contributed by atoms with Crippen molar-refractivity contribution < 1.29 is 14.3 Å². The van der Waals surface area contributed by atoms with E-state index in [1.54, 1.807) is 37.4 Å². The Labute approximate surface area is 151 Å². The maximum absolute atomic E-state index is 12.4. The maximum atomic E-state index is 12.4. The van der Waals surface area contributed by atoms with Gasteiger partial charge >= 0.3 is 0 Å². The molecule has 0 fully saturated rings. The van der Waals surface area contributed by atoms with Crippen molar-refractivity contribution in [2.45, 2.75) is 0 Å². The second kappa shape index (κ2) is 7.39. The Hall–Kier alpha value is -1.18. The summed E-state index contributed by atoms with van der Waals surface area (Å²) in [6.07, 6.45) is 0. The zero-order chi connectivity index (χ0) is 16.3. The zero-order valence-electron chi connectivity index (χ0n) is 11.7. The molecule has 2 rings (SSSR count). The van der Waals surface area contributed by atoms with Gasteiger partial charge in [-0.25, -0.2) is 0 Å². The molecule has 4 nitrogen and oxygen atoms in total. The lowest BCUT2D eigenvalue weighted by Crippen LogP contribution is -2.13. The van der Waals surface area contributed by atoms with E-state index in [2.05, 4.69) is 27.9 Å². The highest BCUT2D eigenvalue weighted by atomic mass is 127. The normalized spacial score (nSPS) is 10.2. The van der Waals surface area contributed by atoms with Crippen LogP contribution in [-0.2, 0) is 0 Å². The van der Waals surface area contributed by atoms with E-state index in [0.717, 1.165) is 3.57 Å². The van der Waals surface area contributed by atoms with Gasteiger partial charge in [0.25, 0.3) is 5.91 Å². The van der Waals surface area contributed by atoms with Crippen molar-refractivity contribution in [1.82, 2.24) is 0 Å². The van der Waals surface area contributed by atoms with Crippen LogP contribution in [0.4, 0.5) is 5.69 Å². The third-order valence-electron chi connectivity index (χ3n) is 2.88. The van der Waals surface area contributed by atoms with Crippen molar-refractivity contribution in [3.63, 3.8) is 0 Å². The second-order valence-corrected chi connectivity index (χ2v) is 6.28. The molecule has 2 aromatic rings. The first kappa shape index (κ1) is 17.2. The van der Waals surface area contributed by atoms with Crippen LogP contribution in [0.1, 0.15) is 10.4 Å². The largest absolute Gasteiger partial charge is 0.493 e. The van der Waals surface area contributed by atoms with Gasteiger partial charge in [0, 0.05) is 10.6 Å². The van der Waals surface area contributed by atoms with Gasteiger partial charge in [0.2, 0.25) is 0 Å². The highest BCUT2D eigenvalue weighted by Crippen LogP contribution is 2.34. The topological polar surface area (TPSA) is 47.6 Å². The standard InChI is InChI=1S/C15H12Cl2INO3/c1-21-13-6-8(5-11(18)14(13)22-2)15(20)19-12-4-3-9(16)7-10(12)17/h3-7H,1-2H3,(H,19,20). The molecule has 0 saturated carbocycles. The zero-order valence-corrected chi connectivity index (χ0v) is 15.4. The Morgan fingerprint density at radius 3 is 2.45 bits per heavy atom. The number of nitrogens with one attached hydrogen (secondary N) is 1. The van der Waals surface area contributed by atoms with Gasteiger partial charge in [-0.3, -0.25) is 4.79 Å². The molecule has 1 N–H and O–H groups in total. The smallest absolute Gasteiger partial charge is 0.255 e. The van der Waals surface area contributed by atoms with E-state index in [1.165, 1.54) is 7.11 Å². The van der Waals surface area contributed by atoms with Crippen LogP contribution in [0.15, 0.2) is 30.3 Å². The van der Waals surface area contributed by atoms with E-state index in [9.17, 15) is 4.79 Å². The molecule has 0 bridgehead atoms. The molecule has 0 unspecified atom stereocenters. The highest BCUT2D eigenvalue weighted by molar-refractivity contribution is 14.1. The summed E-state index contributed by atoms with van der Waals surface area (Å²) in [7, 11) is 3.07. The molecule has 0 radical (unpaired) electrons. The summed E-state index contributed by atoms with van der Waals surface area (Å²) in [6, 6.07) is 8.19. The molecule has 116 valence electrons. The number of carbonyl (C=O) groups excluding carboxylic acids is 1. The van der Waals surface area contributed by atoms with Crippen LogP contribution < -0.4 is 14.8 Å². The van der Waals surface area contributed by atoms with Crippen molar-refractivity contribution in [2.75, 3.05) is 19.5 Å². The quantitative estimate of drug-likeness (QED) is 0.674. The van der Waals surface area contributed by atoms with E-state index >= 15 is 0 Å². The minimum absolute atomic E-state index is 0.303. The van der Waals surface area contributed by atoms with Gasteiger partial charge in [-0.1, -0.05) is 23.2 Å². The van der Waals surface area contributed by atoms with Gasteiger partial charge in [-0.05, 0) is 52.9 Å². The van der Waals surface area contributed by atoms with Crippen LogP contribution in [0.2, 0.25) is 10.0 Å². The Bertz CT molecular complexity index is 722. The predicted molar refractivity (Wildman–Crippen MR) is 96.7 cm³/mol. The fraction of sp³-hybridized carbons (Fsp3) is 0.133. The number of halogens is 3. The fourth-order valence-corrected chi connectivity index (χ4v) is 3.11. The second-order valence-electron chi connectivity index (χ2n) is 4.27. The molecule has 0 saturated heterocycles. The number of benzene rings is 2. The first-order chi connectivity index (χ1) is 10.5. The third-order valence-corrected chi connectivity index (χ3v) is 4.22. The lowest BCUT2D eigenvalue weighted by Gasteiger charge is -2.12. The van der Waals surface area contributed by atoms with Crippen molar-refractivity contribution in [3.05, 3.63) is 49.5 Å². The van der Waals surface area contributed by atoms with Crippen molar-refractivity contribution >= 4 is 57.4 Å². The van der Waals surface area contributed by atoms with E-state index in [1.807, 2.05) is 0 Å². The number of hydrogen-bond donors (Lipinski definition) is 1. The number of amides is 1. The Morgan fingerprint density at radius 2 is 1.86 bits per heavy atom. The van der Waals surface area contributed by atoms with Crippen LogP contribution in [0.25, 0.3) is 0 Å². The number of rotatable bonds is 4. The van der Waals surface area contributed by atoms with Crippen LogP contribution in [-0.4, -0.2) is 20.1 Å². The first-order valence-electron chi connectivity index (χ1n) is 6.14. The number of hydrogen-bond acceptors (Lipinski definition) is 3. The van der Waals surface area contributed by atoms with Gasteiger partial charge in [0.15, 0.2) is 11.5 Å². The number of ether oxygens (including phenoxy) is 2. The molecule has 0 aliphatic rings. The van der Waals surface area contributed by atoms with Gasteiger partial charge in [0.05, 0.1) is 28.5 Å². The van der Waals surface area contributed by atoms with Crippen LogP contribution >= 0.6 is 45.8 Å². The molecule has 0 aliphatic heterocycles. The maximum Gasteiger partial charge on any atom is 0.255 e. The highest BCUT2D eigenvalue weighted by Gasteiger charge is 2.15. The van der Waals surface area contributed by atoms with Gasteiger partial charge in [-0.2, -0.15) is 0 Å². The summed E-state index contributed by atoms with van der Waals surface area (Å²) in [4.78, 5) is 12.4. The molecular weight excluding hydrogens is 440 g/mol. The van der Waals surface area contributed by atoms with E-state index in [-0.39, 0.29) is 5.91 Å². The average Bonchev–Trinajstić information content (AvgIpc) is 2.49. The van der Waals surface area contributed by atoms with Gasteiger partial charge in [-0.15, -0.1) is 0 Å². The number of carbonyl (C=O) groups is 1. The molecule has 0 aromatic heterocycles. The summed E-state index contributed by atoms with van der Waals surface area (Å²) in [5.41, 5.74) is 0.925. The molecule has 1 amide bonds. The fourth-order valence-electron chi connectivity index (χ4n) is 1.83. The van der Waals surface area contributed by atoms with Gasteiger partial charge < -0.3 is 14.8 Å². The number of anilines is 1. The lowest BCUT2D eigenvalue weighted by molar-refractivity contribution is 0.102. The Morgan fingerprint density at radius 1 is 1.14 bits per heavy atom. The van der Waals surface area contributed by atoms with Crippen LogP contribution in [0, 0.1) is 3.57 Å². The molecule has 0 spiro atoms. The first-order valence-corrected chi connectivity index (χ1v) is 7.97. The van der Waals surface area contributed by atoms with E-state index in [0.29, 0.717) is 32.8 Å². The average molecular weight is 452 g/mol. The minimum Gasteiger partial charge on any atom is -0.493 e. The Balaban J connectivity index is 2.31. The third kappa shape index (κ3) is 3.77. The lowest BCUT2D eigenvalue weighted by atomic mass is 10.2. The van der Waals surface area contributed by atoms with Crippen LogP contribution in [0.5, 0.6) is 11.5 Å². The summed E-state index contributed by atoms with van der Waals surface area (Å²) < 4.78 is 11.3. The molecular formula is C15H12Cl2INO3. The Kier molecular flexibility index (Phi) is 5.77. The SMILES string of the molecule is COc1cc(C(=O)Nc2ccc(Cl)cc2Cl)cc(I)c1OC. The van der Waals surface area contributed by atoms with Crippen molar-refractivity contribution in [2.24, 2.45) is 0 Å². The van der Waals surface area contributed by atoms with Crippen LogP contribution in [0.3, 0.4) is 0 Å². The summed E-state index contributed by atoms with van der Waals surface area (Å²) >= 11 is 14.0. The van der Waals surface area contributed by atoms with Crippen molar-refractivity contribution in [1.29, 1.82) is 0 Å². The summed E-state index contributed by atoms with van der Waals surface area (Å²) in [5, 5.41) is 3.62. The molecule has 0 aliphatic carbocycles. The van der Waals surface area contributed by atoms with E-state index < -0.39 is 0 Å². The summed E-state index contributed by atoms with van der Waals surface area (Å²) in [6.45, 7) is 0. The molecule has 22 heavy (non-hydrogen) atoms. The molecule has 2 aromatic carbocycles. The predicted octanol–water partition coefficient (Wildman–Crippen LogP) is 4.87. The van der Waals surface area contributed by atoms with Crippen molar-refractivity contribution in [3.8, 4) is 11.5 Å².